The molecule has 0 aromatic carbocycles. The summed E-state index contributed by atoms with van der Waals surface area (Å²) < 4.78 is 2.13. The highest BCUT2D eigenvalue weighted by Crippen LogP contribution is 1.99. The number of rotatable bonds is 3. The Balaban J connectivity index is 2.76. The zero-order valence-electron chi connectivity index (χ0n) is 7.70. The smallest absolute Gasteiger partial charge is 0.266 e. The largest absolute Gasteiger partial charge is 0.308 e. The number of hydrogen-bond donors (Lipinski definition) is 0. The van der Waals surface area contributed by atoms with Crippen LogP contribution in [0.25, 0.3) is 0 Å². The van der Waals surface area contributed by atoms with Crippen LogP contribution in [0.3, 0.4) is 0 Å². The number of halogens is 1. The molecule has 1 heterocycles. The molecule has 0 atom stereocenters. The van der Waals surface area contributed by atoms with Crippen LogP contribution in [0.2, 0.25) is 0 Å². The van der Waals surface area contributed by atoms with E-state index in [1.54, 1.807) is 6.07 Å². The van der Waals surface area contributed by atoms with Gasteiger partial charge in [0.25, 0.3) is 5.56 Å². The van der Waals surface area contributed by atoms with Crippen LogP contribution in [0.4, 0.5) is 0 Å². The van der Waals surface area contributed by atoms with Gasteiger partial charge >= 0.3 is 0 Å². The van der Waals surface area contributed by atoms with Crippen LogP contribution in [0.15, 0.2) is 21.5 Å². The first-order valence-electron chi connectivity index (χ1n) is 3.98. The van der Waals surface area contributed by atoms with Gasteiger partial charge in [0.15, 0.2) is 0 Å². The van der Waals surface area contributed by atoms with Gasteiger partial charge in [-0.2, -0.15) is 5.10 Å². The van der Waals surface area contributed by atoms with E-state index in [1.165, 1.54) is 10.7 Å². The molecule has 0 saturated carbocycles. The lowest BCUT2D eigenvalue weighted by Crippen LogP contribution is -2.27. The fourth-order valence-corrected chi connectivity index (χ4v) is 1.20. The Morgan fingerprint density at radius 1 is 1.54 bits per heavy atom. The number of nitrogens with zero attached hydrogens (tertiary/aromatic N) is 3. The lowest BCUT2D eigenvalue weighted by molar-refractivity contribution is 0.367. The van der Waals surface area contributed by atoms with E-state index in [0.717, 1.165) is 6.54 Å². The van der Waals surface area contributed by atoms with E-state index in [-0.39, 0.29) is 5.56 Å². The molecule has 0 bridgehead atoms. The first kappa shape index (κ1) is 10.4. The molecule has 72 valence electrons. The highest BCUT2D eigenvalue weighted by molar-refractivity contribution is 9.10. The molecule has 0 radical (unpaired) electrons. The summed E-state index contributed by atoms with van der Waals surface area (Å²) in [7, 11) is 3.92. The summed E-state index contributed by atoms with van der Waals surface area (Å²) in [5, 5.41) is 4.04. The van der Waals surface area contributed by atoms with Crippen LogP contribution in [0.5, 0.6) is 0 Å². The molecule has 4 nitrogen and oxygen atoms in total. The molecule has 1 aromatic rings. The summed E-state index contributed by atoms with van der Waals surface area (Å²) in [6.07, 6.45) is 0. The monoisotopic (exact) mass is 245 g/mol. The Labute approximate surface area is 85.3 Å². The maximum Gasteiger partial charge on any atom is 0.266 e. The van der Waals surface area contributed by atoms with Crippen LogP contribution in [-0.2, 0) is 6.54 Å². The summed E-state index contributed by atoms with van der Waals surface area (Å²) in [5.74, 6) is 0. The highest BCUT2D eigenvalue weighted by atomic mass is 79.9. The van der Waals surface area contributed by atoms with E-state index < -0.39 is 0 Å². The molecular formula is C8H12BrN3O. The Morgan fingerprint density at radius 2 is 2.23 bits per heavy atom. The average Bonchev–Trinajstić information content (AvgIpc) is 2.06. The third-order valence-corrected chi connectivity index (χ3v) is 2.02. The molecule has 1 aromatic heterocycles. The molecule has 0 aliphatic carbocycles. The summed E-state index contributed by atoms with van der Waals surface area (Å²) in [5.41, 5.74) is -0.0648. The zero-order valence-corrected chi connectivity index (χ0v) is 9.28. The fourth-order valence-electron chi connectivity index (χ4n) is 0.879. The Bertz CT molecular complexity index is 334. The quantitative estimate of drug-likeness (QED) is 0.782. The lowest BCUT2D eigenvalue weighted by Gasteiger charge is -2.09. The van der Waals surface area contributed by atoms with Gasteiger partial charge in [-0.05, 0) is 36.1 Å². The summed E-state index contributed by atoms with van der Waals surface area (Å²) in [6.45, 7) is 1.43. The van der Waals surface area contributed by atoms with E-state index in [2.05, 4.69) is 21.0 Å². The number of hydrogen-bond acceptors (Lipinski definition) is 3. The van der Waals surface area contributed by atoms with Crippen molar-refractivity contribution in [1.29, 1.82) is 0 Å². The van der Waals surface area contributed by atoms with Crippen molar-refractivity contribution in [2.45, 2.75) is 6.54 Å². The molecule has 13 heavy (non-hydrogen) atoms. The normalized spacial score (nSPS) is 10.8. The first-order chi connectivity index (χ1) is 6.09. The predicted molar refractivity (Wildman–Crippen MR) is 54.8 cm³/mol. The molecule has 0 fully saturated rings. The molecule has 1 rings (SSSR count). The van der Waals surface area contributed by atoms with Crippen LogP contribution < -0.4 is 5.56 Å². The molecule has 0 unspecified atom stereocenters. The van der Waals surface area contributed by atoms with Gasteiger partial charge in [-0.1, -0.05) is 0 Å². The summed E-state index contributed by atoms with van der Waals surface area (Å²) >= 11 is 3.22. The van der Waals surface area contributed by atoms with E-state index >= 15 is 0 Å². The average molecular weight is 246 g/mol. The topological polar surface area (TPSA) is 38.1 Å². The van der Waals surface area contributed by atoms with E-state index in [0.29, 0.717) is 11.1 Å². The first-order valence-corrected chi connectivity index (χ1v) is 4.77. The van der Waals surface area contributed by atoms with E-state index in [4.69, 9.17) is 0 Å². The van der Waals surface area contributed by atoms with Crippen LogP contribution in [0, 0.1) is 0 Å². The van der Waals surface area contributed by atoms with Gasteiger partial charge in [0.1, 0.15) is 4.60 Å². The van der Waals surface area contributed by atoms with Gasteiger partial charge in [0.05, 0.1) is 6.54 Å². The van der Waals surface area contributed by atoms with Crippen molar-refractivity contribution in [3.05, 3.63) is 27.1 Å². The second kappa shape index (κ2) is 4.53. The predicted octanol–water partition coefficient (Wildman–Crippen LogP) is 0.567. The van der Waals surface area contributed by atoms with Crippen LogP contribution in [0.1, 0.15) is 0 Å². The minimum absolute atomic E-state index is 0.0648. The van der Waals surface area contributed by atoms with E-state index in [1.807, 2.05) is 19.0 Å². The maximum atomic E-state index is 11.2. The van der Waals surface area contributed by atoms with Crippen LogP contribution in [-0.4, -0.2) is 35.3 Å². The molecule has 0 saturated heterocycles. The Morgan fingerprint density at radius 3 is 2.85 bits per heavy atom. The molecule has 0 aliphatic rings. The summed E-state index contributed by atoms with van der Waals surface area (Å²) in [4.78, 5) is 13.3. The van der Waals surface area contributed by atoms with Crippen molar-refractivity contribution in [3.8, 4) is 0 Å². The highest BCUT2D eigenvalue weighted by Gasteiger charge is 1.98. The zero-order chi connectivity index (χ0) is 9.84. The molecule has 0 aliphatic heterocycles. The SMILES string of the molecule is CN(C)CCn1nc(Br)ccc1=O. The van der Waals surface area contributed by atoms with Crippen molar-refractivity contribution in [2.75, 3.05) is 20.6 Å². The van der Waals surface area contributed by atoms with Gasteiger partial charge in [-0.3, -0.25) is 4.79 Å². The molecule has 5 heteroatoms. The van der Waals surface area contributed by atoms with Gasteiger partial charge < -0.3 is 4.90 Å². The number of likely N-dealkylation sites (N-methyl/N-ethyl adjacent to an activating group) is 1. The van der Waals surface area contributed by atoms with Crippen molar-refractivity contribution >= 4 is 15.9 Å². The third kappa shape index (κ3) is 3.28. The molecule has 0 spiro atoms. The van der Waals surface area contributed by atoms with E-state index in [9.17, 15) is 4.79 Å². The molecule has 0 amide bonds. The number of aromatic nitrogens is 2. The second-order valence-corrected chi connectivity index (χ2v) is 3.83. The van der Waals surface area contributed by atoms with Gasteiger partial charge in [-0.25, -0.2) is 4.68 Å². The van der Waals surface area contributed by atoms with Gasteiger partial charge in [0.2, 0.25) is 0 Å². The van der Waals surface area contributed by atoms with Crippen molar-refractivity contribution < 1.29 is 0 Å². The fraction of sp³-hybridized carbons (Fsp3) is 0.500. The lowest BCUT2D eigenvalue weighted by atomic mass is 10.5. The summed E-state index contributed by atoms with van der Waals surface area (Å²) in [6, 6.07) is 3.15. The van der Waals surface area contributed by atoms with Gasteiger partial charge in [0, 0.05) is 12.6 Å². The molecule has 0 N–H and O–H groups in total. The van der Waals surface area contributed by atoms with Gasteiger partial charge in [-0.15, -0.1) is 0 Å². The second-order valence-electron chi connectivity index (χ2n) is 3.02. The minimum atomic E-state index is -0.0648. The third-order valence-electron chi connectivity index (χ3n) is 1.59. The van der Waals surface area contributed by atoms with Crippen molar-refractivity contribution in [3.63, 3.8) is 0 Å². The van der Waals surface area contributed by atoms with Crippen LogP contribution >= 0.6 is 15.9 Å². The molecular weight excluding hydrogens is 234 g/mol. The maximum absolute atomic E-state index is 11.2. The minimum Gasteiger partial charge on any atom is -0.308 e. The standard InChI is InChI=1S/C8H12BrN3O/c1-11(2)5-6-12-8(13)4-3-7(9)10-12/h3-4H,5-6H2,1-2H3. The Hall–Kier alpha value is -0.680. The van der Waals surface area contributed by atoms with Crippen molar-refractivity contribution in [1.82, 2.24) is 14.7 Å². The van der Waals surface area contributed by atoms with Crippen molar-refractivity contribution in [2.24, 2.45) is 0 Å². The Kier molecular flexibility index (Phi) is 3.62.